The summed E-state index contributed by atoms with van der Waals surface area (Å²) in [5, 5.41) is 20.2. The van der Waals surface area contributed by atoms with Crippen LogP contribution in [0, 0.1) is 5.92 Å². The first-order valence-electron chi connectivity index (χ1n) is 8.78. The molecule has 138 valence electrons. The number of hydrazone groups is 1. The van der Waals surface area contributed by atoms with Crippen LogP contribution in [0.15, 0.2) is 59.7 Å². The zero-order valence-corrected chi connectivity index (χ0v) is 15.3. The summed E-state index contributed by atoms with van der Waals surface area (Å²) in [7, 11) is 0. The van der Waals surface area contributed by atoms with Gasteiger partial charge in [-0.25, -0.2) is 5.43 Å². The van der Waals surface area contributed by atoms with Crippen molar-refractivity contribution in [2.45, 2.75) is 20.3 Å². The van der Waals surface area contributed by atoms with Gasteiger partial charge in [0.15, 0.2) is 0 Å². The molecule has 0 saturated heterocycles. The Labute approximate surface area is 158 Å². The number of nitrogens with one attached hydrogen (secondary N) is 2. The number of nitrogens with zero attached hydrogens (tertiary/aromatic N) is 2. The predicted molar refractivity (Wildman–Crippen MR) is 106 cm³/mol. The van der Waals surface area contributed by atoms with Crippen molar-refractivity contribution in [3.05, 3.63) is 71.4 Å². The molecule has 6 heteroatoms. The Morgan fingerprint density at radius 1 is 1.22 bits per heavy atom. The average Bonchev–Trinajstić information content (AvgIpc) is 3.12. The maximum atomic E-state index is 12.2. The van der Waals surface area contributed by atoms with E-state index in [9.17, 15) is 9.90 Å². The predicted octanol–water partition coefficient (Wildman–Crippen LogP) is 3.74. The molecular weight excluding hydrogens is 340 g/mol. The normalized spacial score (nSPS) is 11.2. The summed E-state index contributed by atoms with van der Waals surface area (Å²) in [6.07, 6.45) is 2.49. The minimum absolute atomic E-state index is 0.142. The highest BCUT2D eigenvalue weighted by Gasteiger charge is 2.10. The van der Waals surface area contributed by atoms with E-state index in [-0.39, 0.29) is 11.7 Å². The lowest BCUT2D eigenvalue weighted by Gasteiger charge is -2.05. The van der Waals surface area contributed by atoms with Gasteiger partial charge in [-0.05, 0) is 41.7 Å². The first kappa shape index (κ1) is 18.4. The third-order valence-electron chi connectivity index (χ3n) is 3.97. The molecular formula is C21H22N4O2. The zero-order chi connectivity index (χ0) is 19.2. The van der Waals surface area contributed by atoms with E-state index in [0.29, 0.717) is 22.9 Å². The van der Waals surface area contributed by atoms with E-state index in [0.717, 1.165) is 12.0 Å². The van der Waals surface area contributed by atoms with Gasteiger partial charge in [0.1, 0.15) is 11.4 Å². The number of phenols is 1. The molecule has 0 aliphatic rings. The molecule has 0 radical (unpaired) electrons. The lowest BCUT2D eigenvalue weighted by Crippen LogP contribution is -2.17. The molecule has 27 heavy (non-hydrogen) atoms. The SMILES string of the molecule is CC(C)Cc1ccc(-c2cc(C(=O)NN=Cc3cccc(O)c3)[nH]n2)cc1. The Morgan fingerprint density at radius 3 is 2.70 bits per heavy atom. The largest absolute Gasteiger partial charge is 0.508 e. The second-order valence-electron chi connectivity index (χ2n) is 6.76. The summed E-state index contributed by atoms with van der Waals surface area (Å²) >= 11 is 0. The Morgan fingerprint density at radius 2 is 2.00 bits per heavy atom. The van der Waals surface area contributed by atoms with Crippen molar-refractivity contribution >= 4 is 12.1 Å². The molecule has 2 aromatic carbocycles. The van der Waals surface area contributed by atoms with Crippen LogP contribution in [-0.2, 0) is 6.42 Å². The van der Waals surface area contributed by atoms with Crippen molar-refractivity contribution < 1.29 is 9.90 Å². The number of phenolic OH excluding ortho intramolecular Hbond substituents is 1. The van der Waals surface area contributed by atoms with Gasteiger partial charge < -0.3 is 5.11 Å². The second kappa shape index (κ2) is 8.31. The lowest BCUT2D eigenvalue weighted by atomic mass is 10.0. The highest BCUT2D eigenvalue weighted by molar-refractivity contribution is 5.94. The average molecular weight is 362 g/mol. The molecule has 0 fully saturated rings. The quantitative estimate of drug-likeness (QED) is 0.461. The molecule has 3 rings (SSSR count). The summed E-state index contributed by atoms with van der Waals surface area (Å²) in [5.41, 5.74) is 6.37. The molecule has 6 nitrogen and oxygen atoms in total. The van der Waals surface area contributed by atoms with Crippen LogP contribution in [0.2, 0.25) is 0 Å². The monoisotopic (exact) mass is 362 g/mol. The molecule has 0 aliphatic heterocycles. The fraction of sp³-hybridized carbons (Fsp3) is 0.190. The fourth-order valence-electron chi connectivity index (χ4n) is 2.70. The summed E-state index contributed by atoms with van der Waals surface area (Å²) in [4.78, 5) is 12.2. The van der Waals surface area contributed by atoms with Gasteiger partial charge in [0, 0.05) is 5.56 Å². The van der Waals surface area contributed by atoms with Crippen molar-refractivity contribution in [1.82, 2.24) is 15.6 Å². The van der Waals surface area contributed by atoms with Crippen LogP contribution in [0.25, 0.3) is 11.3 Å². The van der Waals surface area contributed by atoms with Crippen LogP contribution >= 0.6 is 0 Å². The standard InChI is InChI=1S/C21H22N4O2/c1-14(2)10-15-6-8-17(9-7-15)19-12-20(24-23-19)21(27)25-22-13-16-4-3-5-18(26)11-16/h3-9,11-14,26H,10H2,1-2H3,(H,23,24)(H,25,27). The minimum atomic E-state index is -0.387. The van der Waals surface area contributed by atoms with E-state index >= 15 is 0 Å². The number of aromatic amines is 1. The van der Waals surface area contributed by atoms with Gasteiger partial charge >= 0.3 is 0 Å². The number of amides is 1. The van der Waals surface area contributed by atoms with E-state index < -0.39 is 0 Å². The fourth-order valence-corrected chi connectivity index (χ4v) is 2.70. The van der Waals surface area contributed by atoms with Gasteiger partial charge in [0.25, 0.3) is 5.91 Å². The van der Waals surface area contributed by atoms with Crippen molar-refractivity contribution in [3.63, 3.8) is 0 Å². The van der Waals surface area contributed by atoms with Crippen molar-refractivity contribution in [1.29, 1.82) is 0 Å². The van der Waals surface area contributed by atoms with Crippen LogP contribution in [0.5, 0.6) is 5.75 Å². The Balaban J connectivity index is 1.63. The van der Waals surface area contributed by atoms with E-state index in [1.54, 1.807) is 30.3 Å². The number of rotatable bonds is 6. The van der Waals surface area contributed by atoms with E-state index in [2.05, 4.69) is 46.7 Å². The van der Waals surface area contributed by atoms with Crippen LogP contribution < -0.4 is 5.43 Å². The van der Waals surface area contributed by atoms with Crippen LogP contribution in [0.4, 0.5) is 0 Å². The molecule has 0 spiro atoms. The third kappa shape index (κ3) is 5.04. The summed E-state index contributed by atoms with van der Waals surface area (Å²) in [5.74, 6) is 0.362. The third-order valence-corrected chi connectivity index (χ3v) is 3.97. The molecule has 0 unspecified atom stereocenters. The van der Waals surface area contributed by atoms with E-state index in [1.807, 2.05) is 12.1 Å². The number of aromatic nitrogens is 2. The van der Waals surface area contributed by atoms with Crippen molar-refractivity contribution in [2.75, 3.05) is 0 Å². The lowest BCUT2D eigenvalue weighted by molar-refractivity contribution is 0.0950. The number of carbonyl (C=O) groups excluding carboxylic acids is 1. The Hall–Kier alpha value is -3.41. The van der Waals surface area contributed by atoms with Gasteiger partial charge in [-0.15, -0.1) is 0 Å². The maximum Gasteiger partial charge on any atom is 0.289 e. The number of hydrogen-bond acceptors (Lipinski definition) is 4. The molecule has 0 saturated carbocycles. The molecule has 0 bridgehead atoms. The van der Waals surface area contributed by atoms with Crippen LogP contribution in [0.3, 0.4) is 0 Å². The van der Waals surface area contributed by atoms with Crippen molar-refractivity contribution in [3.8, 4) is 17.0 Å². The van der Waals surface area contributed by atoms with Gasteiger partial charge in [0.05, 0.1) is 11.9 Å². The number of aromatic hydroxyl groups is 1. The number of benzene rings is 2. The Bertz CT molecular complexity index is 943. The maximum absolute atomic E-state index is 12.2. The molecule has 1 aromatic heterocycles. The van der Waals surface area contributed by atoms with E-state index in [1.165, 1.54) is 11.8 Å². The number of H-pyrrole nitrogens is 1. The van der Waals surface area contributed by atoms with Gasteiger partial charge in [-0.2, -0.15) is 10.2 Å². The van der Waals surface area contributed by atoms with Gasteiger partial charge in [0.2, 0.25) is 0 Å². The first-order chi connectivity index (χ1) is 13.0. The van der Waals surface area contributed by atoms with Crippen molar-refractivity contribution in [2.24, 2.45) is 11.0 Å². The highest BCUT2D eigenvalue weighted by Crippen LogP contribution is 2.19. The highest BCUT2D eigenvalue weighted by atomic mass is 16.3. The molecule has 3 N–H and O–H groups in total. The first-order valence-corrected chi connectivity index (χ1v) is 8.78. The zero-order valence-electron chi connectivity index (χ0n) is 15.3. The number of hydrogen-bond donors (Lipinski definition) is 3. The topological polar surface area (TPSA) is 90.4 Å². The molecule has 0 atom stereocenters. The van der Waals surface area contributed by atoms with Crippen LogP contribution in [0.1, 0.15) is 35.5 Å². The van der Waals surface area contributed by atoms with Gasteiger partial charge in [-0.1, -0.05) is 50.2 Å². The van der Waals surface area contributed by atoms with E-state index in [4.69, 9.17) is 0 Å². The summed E-state index contributed by atoms with van der Waals surface area (Å²) in [6.45, 7) is 4.38. The molecule has 1 amide bonds. The molecule has 3 aromatic rings. The smallest absolute Gasteiger partial charge is 0.289 e. The summed E-state index contributed by atoms with van der Waals surface area (Å²) < 4.78 is 0. The Kier molecular flexibility index (Phi) is 5.66. The number of carbonyl (C=O) groups is 1. The van der Waals surface area contributed by atoms with Crippen LogP contribution in [-0.4, -0.2) is 27.4 Å². The minimum Gasteiger partial charge on any atom is -0.508 e. The summed E-state index contributed by atoms with van der Waals surface area (Å²) in [6, 6.07) is 16.5. The molecule has 0 aliphatic carbocycles. The molecule has 1 heterocycles. The second-order valence-corrected chi connectivity index (χ2v) is 6.76. The van der Waals surface area contributed by atoms with Gasteiger partial charge in [-0.3, -0.25) is 9.89 Å².